The Bertz CT molecular complexity index is 769. The molecule has 0 saturated carbocycles. The summed E-state index contributed by atoms with van der Waals surface area (Å²) in [5.74, 6) is -0.253. The molecule has 0 fully saturated rings. The number of nitrogens with zero attached hydrogens (tertiary/aromatic N) is 2. The number of nitrogens with one attached hydrogen (secondary N) is 1. The number of carbonyl (C=O) groups excluding carboxylic acids is 1. The molecule has 1 amide bonds. The van der Waals surface area contributed by atoms with Crippen molar-refractivity contribution in [2.45, 2.75) is 0 Å². The lowest BCUT2D eigenvalue weighted by atomic mass is 10.1. The minimum Gasteiger partial charge on any atom is -0.320 e. The summed E-state index contributed by atoms with van der Waals surface area (Å²) in [5, 5.41) is 11.4. The van der Waals surface area contributed by atoms with E-state index in [1.807, 2.05) is 30.3 Å². The molecule has 0 radical (unpaired) electrons. The maximum Gasteiger partial charge on any atom is 0.276 e. The molecule has 4 nitrogen and oxygen atoms in total. The average Bonchev–Trinajstić information content (AvgIpc) is 2.77. The van der Waals surface area contributed by atoms with E-state index in [9.17, 15) is 4.79 Å². The van der Waals surface area contributed by atoms with Crippen molar-refractivity contribution in [2.24, 2.45) is 10.2 Å². The van der Waals surface area contributed by atoms with E-state index < -0.39 is 0 Å². The van der Waals surface area contributed by atoms with Gasteiger partial charge in [-0.2, -0.15) is 5.10 Å². The van der Waals surface area contributed by atoms with Gasteiger partial charge >= 0.3 is 0 Å². The first-order valence-corrected chi connectivity index (χ1v) is 7.28. The van der Waals surface area contributed by atoms with Crippen molar-refractivity contribution in [1.29, 1.82) is 0 Å². The predicted octanol–water partition coefficient (Wildman–Crippen LogP) is 3.88. The number of benzene rings is 2. The highest BCUT2D eigenvalue weighted by Crippen LogP contribution is 2.26. The zero-order valence-electron chi connectivity index (χ0n) is 10.7. The van der Waals surface area contributed by atoms with Crippen LogP contribution >= 0.6 is 27.5 Å². The summed E-state index contributed by atoms with van der Waals surface area (Å²) in [7, 11) is 0. The molecule has 1 aliphatic rings. The van der Waals surface area contributed by atoms with Crippen LogP contribution in [0.1, 0.15) is 11.1 Å². The molecular formula is C15H9BrClN3O. The van der Waals surface area contributed by atoms with Crippen LogP contribution in [0.2, 0.25) is 5.02 Å². The zero-order chi connectivity index (χ0) is 14.8. The first-order valence-electron chi connectivity index (χ1n) is 6.11. The lowest BCUT2D eigenvalue weighted by Crippen LogP contribution is -2.13. The van der Waals surface area contributed by atoms with Gasteiger partial charge in [-0.3, -0.25) is 4.79 Å². The first kappa shape index (κ1) is 14.0. The second-order valence-corrected chi connectivity index (χ2v) is 5.74. The maximum atomic E-state index is 11.9. The van der Waals surface area contributed by atoms with Gasteiger partial charge in [0.1, 0.15) is 0 Å². The van der Waals surface area contributed by atoms with Crippen LogP contribution in [-0.4, -0.2) is 17.8 Å². The molecule has 1 aliphatic heterocycles. The van der Waals surface area contributed by atoms with Crippen molar-refractivity contribution in [3.05, 3.63) is 63.1 Å². The van der Waals surface area contributed by atoms with Crippen LogP contribution in [0.3, 0.4) is 0 Å². The fourth-order valence-electron chi connectivity index (χ4n) is 1.93. The van der Waals surface area contributed by atoms with Crippen molar-refractivity contribution >= 4 is 51.1 Å². The fraction of sp³-hybridized carbons (Fsp3) is 0. The van der Waals surface area contributed by atoms with E-state index in [0.717, 1.165) is 21.3 Å². The van der Waals surface area contributed by atoms with Gasteiger partial charge in [-0.25, -0.2) is 0 Å². The molecular weight excluding hydrogens is 354 g/mol. The number of halogens is 2. The van der Waals surface area contributed by atoms with E-state index in [2.05, 4.69) is 31.4 Å². The Labute approximate surface area is 134 Å². The minimum absolute atomic E-state index is 0.253. The number of fused-ring (bicyclic) bond motifs is 1. The second-order valence-electron chi connectivity index (χ2n) is 4.39. The molecule has 0 saturated heterocycles. The van der Waals surface area contributed by atoms with Crippen molar-refractivity contribution in [3.63, 3.8) is 0 Å². The SMILES string of the molecule is O=C1Nc2ccc(Br)cc2/C1=N/N=C/c1ccc(Cl)cc1. The Hall–Kier alpha value is -1.98. The molecule has 0 aliphatic carbocycles. The van der Waals surface area contributed by atoms with Gasteiger partial charge in [0.2, 0.25) is 0 Å². The molecule has 104 valence electrons. The van der Waals surface area contributed by atoms with Gasteiger partial charge < -0.3 is 5.32 Å². The summed E-state index contributed by atoms with van der Waals surface area (Å²) in [6, 6.07) is 12.7. The van der Waals surface area contributed by atoms with Crippen LogP contribution < -0.4 is 5.32 Å². The number of anilines is 1. The molecule has 0 spiro atoms. The monoisotopic (exact) mass is 361 g/mol. The molecule has 0 bridgehead atoms. The van der Waals surface area contributed by atoms with E-state index in [1.165, 1.54) is 0 Å². The summed E-state index contributed by atoms with van der Waals surface area (Å²) >= 11 is 9.19. The smallest absolute Gasteiger partial charge is 0.276 e. The van der Waals surface area contributed by atoms with Crippen LogP contribution in [0.15, 0.2) is 57.1 Å². The third kappa shape index (κ3) is 3.04. The van der Waals surface area contributed by atoms with Crippen LogP contribution in [0.4, 0.5) is 5.69 Å². The lowest BCUT2D eigenvalue weighted by Gasteiger charge is -1.97. The van der Waals surface area contributed by atoms with Gasteiger partial charge in [-0.05, 0) is 35.9 Å². The number of amides is 1. The summed E-state index contributed by atoms with van der Waals surface area (Å²) in [6.07, 6.45) is 1.58. The summed E-state index contributed by atoms with van der Waals surface area (Å²) < 4.78 is 0.882. The third-order valence-electron chi connectivity index (χ3n) is 2.93. The standard InChI is InChI=1S/C15H9BrClN3O/c16-10-3-6-13-12(7-10)14(15(21)19-13)20-18-8-9-1-4-11(17)5-2-9/h1-8H,(H,19,20,21)/b18-8+. The van der Waals surface area contributed by atoms with Gasteiger partial charge in [0.25, 0.3) is 5.91 Å². The summed E-state index contributed by atoms with van der Waals surface area (Å²) in [6.45, 7) is 0. The van der Waals surface area contributed by atoms with Crippen LogP contribution in [-0.2, 0) is 4.79 Å². The van der Waals surface area contributed by atoms with Crippen LogP contribution in [0.25, 0.3) is 0 Å². The number of hydrogen-bond donors (Lipinski definition) is 1. The lowest BCUT2D eigenvalue weighted by molar-refractivity contribution is -0.110. The van der Waals surface area contributed by atoms with E-state index in [1.54, 1.807) is 18.3 Å². The largest absolute Gasteiger partial charge is 0.320 e. The zero-order valence-corrected chi connectivity index (χ0v) is 13.0. The number of hydrogen-bond acceptors (Lipinski definition) is 3. The van der Waals surface area contributed by atoms with E-state index in [0.29, 0.717) is 10.7 Å². The fourth-order valence-corrected chi connectivity index (χ4v) is 2.41. The highest BCUT2D eigenvalue weighted by molar-refractivity contribution is 9.10. The summed E-state index contributed by atoms with van der Waals surface area (Å²) in [5.41, 5.74) is 2.64. The first-order chi connectivity index (χ1) is 10.1. The molecule has 0 aromatic heterocycles. The second kappa shape index (κ2) is 5.79. The summed E-state index contributed by atoms with van der Waals surface area (Å²) in [4.78, 5) is 11.9. The molecule has 6 heteroatoms. The van der Waals surface area contributed by atoms with Crippen molar-refractivity contribution in [2.75, 3.05) is 5.32 Å². The Morgan fingerprint density at radius 1 is 1.14 bits per heavy atom. The van der Waals surface area contributed by atoms with Crippen LogP contribution in [0, 0.1) is 0 Å². The van der Waals surface area contributed by atoms with Gasteiger partial charge in [0.05, 0.1) is 11.9 Å². The van der Waals surface area contributed by atoms with Gasteiger partial charge in [0.15, 0.2) is 5.71 Å². The minimum atomic E-state index is -0.253. The maximum absolute atomic E-state index is 11.9. The van der Waals surface area contributed by atoms with Gasteiger partial charge in [-0.1, -0.05) is 39.7 Å². The quantitative estimate of drug-likeness (QED) is 0.640. The average molecular weight is 363 g/mol. The Kier molecular flexibility index (Phi) is 3.86. The van der Waals surface area contributed by atoms with E-state index in [-0.39, 0.29) is 5.91 Å². The molecule has 1 heterocycles. The molecule has 1 N–H and O–H groups in total. The molecule has 2 aromatic carbocycles. The predicted molar refractivity (Wildman–Crippen MR) is 88.4 cm³/mol. The van der Waals surface area contributed by atoms with Crippen molar-refractivity contribution < 1.29 is 4.79 Å². The highest BCUT2D eigenvalue weighted by Gasteiger charge is 2.26. The Morgan fingerprint density at radius 2 is 1.90 bits per heavy atom. The normalized spacial score (nSPS) is 15.5. The topological polar surface area (TPSA) is 53.8 Å². The van der Waals surface area contributed by atoms with Crippen molar-refractivity contribution in [1.82, 2.24) is 0 Å². The van der Waals surface area contributed by atoms with E-state index >= 15 is 0 Å². The number of rotatable bonds is 2. The van der Waals surface area contributed by atoms with Crippen molar-refractivity contribution in [3.8, 4) is 0 Å². The highest BCUT2D eigenvalue weighted by atomic mass is 79.9. The third-order valence-corrected chi connectivity index (χ3v) is 3.68. The van der Waals surface area contributed by atoms with Gasteiger partial charge in [0, 0.05) is 15.1 Å². The molecule has 21 heavy (non-hydrogen) atoms. The molecule has 0 unspecified atom stereocenters. The Morgan fingerprint density at radius 3 is 2.67 bits per heavy atom. The molecule has 3 rings (SSSR count). The van der Waals surface area contributed by atoms with E-state index in [4.69, 9.17) is 11.6 Å². The Balaban J connectivity index is 1.88. The van der Waals surface area contributed by atoms with Gasteiger partial charge in [-0.15, -0.1) is 5.10 Å². The number of carbonyl (C=O) groups is 1. The molecule has 0 atom stereocenters. The molecule has 2 aromatic rings. The van der Waals surface area contributed by atoms with Crippen LogP contribution in [0.5, 0.6) is 0 Å².